The van der Waals surface area contributed by atoms with Crippen LogP contribution < -0.4 is 9.47 Å². The number of benzene rings is 2. The first-order chi connectivity index (χ1) is 17.9. The van der Waals surface area contributed by atoms with E-state index in [1.54, 1.807) is 33.1 Å². The lowest BCUT2D eigenvalue weighted by Crippen LogP contribution is -2.38. The lowest BCUT2D eigenvalue weighted by atomic mass is 9.93. The van der Waals surface area contributed by atoms with E-state index in [0.29, 0.717) is 34.5 Å². The molecule has 4 rings (SSSR count). The van der Waals surface area contributed by atoms with Gasteiger partial charge in [0.25, 0.3) is 0 Å². The van der Waals surface area contributed by atoms with E-state index in [4.69, 9.17) is 19.2 Å². The van der Waals surface area contributed by atoms with E-state index in [0.717, 1.165) is 16.8 Å². The zero-order valence-electron chi connectivity index (χ0n) is 21.7. The molecular formula is C28H31N3O5S. The van der Waals surface area contributed by atoms with Gasteiger partial charge in [0.15, 0.2) is 16.7 Å². The number of hydrogen-bond acceptors (Lipinski definition) is 8. The van der Waals surface area contributed by atoms with E-state index in [2.05, 4.69) is 0 Å². The third kappa shape index (κ3) is 5.51. The molecule has 0 aromatic heterocycles. The van der Waals surface area contributed by atoms with Crippen molar-refractivity contribution in [2.75, 3.05) is 27.9 Å². The summed E-state index contributed by atoms with van der Waals surface area (Å²) in [7, 11) is 4.94. The molecule has 8 nitrogen and oxygen atoms in total. The number of carbonyl (C=O) groups is 2. The SMILES string of the molecule is CCOC(=O)C1=C(C)N=C2SC=C(CC(=O)N(C)Cc3ccccc3)N2C1c1ccc(OC)c(OC)c1. The number of ether oxygens (including phenoxy) is 3. The van der Waals surface area contributed by atoms with Crippen molar-refractivity contribution in [1.29, 1.82) is 0 Å². The van der Waals surface area contributed by atoms with Crippen molar-refractivity contribution in [2.45, 2.75) is 32.9 Å². The number of allylic oxidation sites excluding steroid dienone is 1. The lowest BCUT2D eigenvalue weighted by Gasteiger charge is -2.36. The fraction of sp³-hybridized carbons (Fsp3) is 0.321. The Morgan fingerprint density at radius 1 is 1.08 bits per heavy atom. The first-order valence-corrected chi connectivity index (χ1v) is 12.9. The molecule has 0 fully saturated rings. The monoisotopic (exact) mass is 521 g/mol. The van der Waals surface area contributed by atoms with Crippen LogP contribution in [0.4, 0.5) is 0 Å². The molecule has 2 aliphatic rings. The summed E-state index contributed by atoms with van der Waals surface area (Å²) in [6, 6.07) is 14.9. The standard InChI is InChI=1S/C28H31N3O5S/c1-6-36-27(33)25-18(2)29-28-31(26(25)20-12-13-22(34-4)23(14-20)35-5)21(17-37-28)15-24(32)30(3)16-19-10-8-7-9-11-19/h7-14,17,26H,6,15-16H2,1-5H3. The Morgan fingerprint density at radius 2 is 1.81 bits per heavy atom. The van der Waals surface area contributed by atoms with E-state index in [1.807, 2.05) is 65.8 Å². The van der Waals surface area contributed by atoms with Crippen molar-refractivity contribution in [3.63, 3.8) is 0 Å². The molecule has 194 valence electrons. The average Bonchev–Trinajstić information content (AvgIpc) is 3.29. The number of thioether (sulfide) groups is 1. The van der Waals surface area contributed by atoms with Gasteiger partial charge in [-0.1, -0.05) is 48.2 Å². The third-order valence-corrected chi connectivity index (χ3v) is 7.13. The predicted molar refractivity (Wildman–Crippen MR) is 144 cm³/mol. The van der Waals surface area contributed by atoms with Gasteiger partial charge in [0.2, 0.25) is 5.91 Å². The van der Waals surface area contributed by atoms with Gasteiger partial charge in [-0.05, 0) is 42.5 Å². The summed E-state index contributed by atoms with van der Waals surface area (Å²) in [5.74, 6) is 0.651. The first-order valence-electron chi connectivity index (χ1n) is 12.0. The number of amidine groups is 1. The van der Waals surface area contributed by atoms with Crippen molar-refractivity contribution in [3.05, 3.63) is 82.0 Å². The molecule has 2 aromatic rings. The van der Waals surface area contributed by atoms with Crippen molar-refractivity contribution < 1.29 is 23.8 Å². The second-order valence-electron chi connectivity index (χ2n) is 8.64. The Bertz CT molecular complexity index is 1270. The first kappa shape index (κ1) is 26.3. The van der Waals surface area contributed by atoms with Gasteiger partial charge in [-0.15, -0.1) is 0 Å². The van der Waals surface area contributed by atoms with Gasteiger partial charge in [-0.2, -0.15) is 0 Å². The molecule has 0 spiro atoms. The zero-order chi connectivity index (χ0) is 26.5. The van der Waals surface area contributed by atoms with Crippen LogP contribution in [0.25, 0.3) is 0 Å². The van der Waals surface area contributed by atoms with Gasteiger partial charge >= 0.3 is 5.97 Å². The number of methoxy groups -OCH3 is 2. The topological polar surface area (TPSA) is 80.7 Å². The maximum absolute atomic E-state index is 13.3. The molecule has 1 amide bonds. The summed E-state index contributed by atoms with van der Waals surface area (Å²) in [6.45, 7) is 4.33. The molecule has 1 unspecified atom stereocenters. The molecule has 0 N–H and O–H groups in total. The smallest absolute Gasteiger partial charge is 0.338 e. The fourth-order valence-corrected chi connectivity index (χ4v) is 5.38. The lowest BCUT2D eigenvalue weighted by molar-refractivity contribution is -0.139. The van der Waals surface area contributed by atoms with Crippen LogP contribution >= 0.6 is 11.8 Å². The Balaban J connectivity index is 1.68. The molecule has 2 aliphatic heterocycles. The van der Waals surface area contributed by atoms with E-state index < -0.39 is 12.0 Å². The predicted octanol–water partition coefficient (Wildman–Crippen LogP) is 4.89. The molecule has 37 heavy (non-hydrogen) atoms. The van der Waals surface area contributed by atoms with Crippen LogP contribution in [0.1, 0.15) is 37.4 Å². The van der Waals surface area contributed by atoms with Crippen LogP contribution in [-0.2, 0) is 20.9 Å². The van der Waals surface area contributed by atoms with Gasteiger partial charge < -0.3 is 24.0 Å². The van der Waals surface area contributed by atoms with E-state index in [1.165, 1.54) is 11.8 Å². The van der Waals surface area contributed by atoms with Crippen LogP contribution in [-0.4, -0.2) is 54.7 Å². The van der Waals surface area contributed by atoms with Crippen molar-refractivity contribution in [3.8, 4) is 11.5 Å². The normalized spacial score (nSPS) is 16.6. The van der Waals surface area contributed by atoms with E-state index in [9.17, 15) is 9.59 Å². The number of rotatable bonds is 9. The minimum absolute atomic E-state index is 0.0352. The summed E-state index contributed by atoms with van der Waals surface area (Å²) in [6.07, 6.45) is 0.161. The van der Waals surface area contributed by atoms with E-state index in [-0.39, 0.29) is 18.9 Å². The molecular weight excluding hydrogens is 490 g/mol. The van der Waals surface area contributed by atoms with Crippen molar-refractivity contribution >= 4 is 28.8 Å². The summed E-state index contributed by atoms with van der Waals surface area (Å²) in [5.41, 5.74) is 3.63. The van der Waals surface area contributed by atoms with Crippen LogP contribution in [0.2, 0.25) is 0 Å². The largest absolute Gasteiger partial charge is 0.493 e. The van der Waals surface area contributed by atoms with Gasteiger partial charge in [-0.25, -0.2) is 9.79 Å². The second kappa shape index (κ2) is 11.6. The number of esters is 1. The highest BCUT2D eigenvalue weighted by molar-refractivity contribution is 8.16. The average molecular weight is 522 g/mol. The second-order valence-corrected chi connectivity index (χ2v) is 9.48. The highest BCUT2D eigenvalue weighted by Crippen LogP contribution is 2.46. The summed E-state index contributed by atoms with van der Waals surface area (Å²) in [4.78, 5) is 34.8. The van der Waals surface area contributed by atoms with Gasteiger partial charge in [0, 0.05) is 19.3 Å². The maximum Gasteiger partial charge on any atom is 0.338 e. The van der Waals surface area contributed by atoms with Crippen LogP contribution in [0, 0.1) is 0 Å². The molecule has 0 bridgehead atoms. The minimum Gasteiger partial charge on any atom is -0.493 e. The molecule has 0 saturated heterocycles. The Hall–Kier alpha value is -3.72. The molecule has 9 heteroatoms. The highest BCUT2D eigenvalue weighted by Gasteiger charge is 2.41. The van der Waals surface area contributed by atoms with E-state index >= 15 is 0 Å². The fourth-order valence-electron chi connectivity index (χ4n) is 4.41. The van der Waals surface area contributed by atoms with Crippen LogP contribution in [0.3, 0.4) is 0 Å². The molecule has 0 aliphatic carbocycles. The molecule has 0 saturated carbocycles. The number of amides is 1. The highest BCUT2D eigenvalue weighted by atomic mass is 32.2. The van der Waals surface area contributed by atoms with Crippen LogP contribution in [0.5, 0.6) is 11.5 Å². The molecule has 2 aromatic carbocycles. The maximum atomic E-state index is 13.3. The molecule has 1 atom stereocenters. The zero-order valence-corrected chi connectivity index (χ0v) is 22.5. The minimum atomic E-state index is -0.542. The Kier molecular flexibility index (Phi) is 8.23. The van der Waals surface area contributed by atoms with Crippen molar-refractivity contribution in [2.24, 2.45) is 4.99 Å². The number of fused-ring (bicyclic) bond motifs is 1. The summed E-state index contributed by atoms with van der Waals surface area (Å²) >= 11 is 1.44. The third-order valence-electron chi connectivity index (χ3n) is 6.24. The van der Waals surface area contributed by atoms with Crippen LogP contribution in [0.15, 0.2) is 75.9 Å². The van der Waals surface area contributed by atoms with Gasteiger partial charge in [0.1, 0.15) is 0 Å². The summed E-state index contributed by atoms with van der Waals surface area (Å²) < 4.78 is 16.4. The number of carbonyl (C=O) groups excluding carboxylic acids is 2. The number of hydrogen-bond donors (Lipinski definition) is 0. The van der Waals surface area contributed by atoms with Gasteiger partial charge in [0.05, 0.1) is 44.6 Å². The summed E-state index contributed by atoms with van der Waals surface area (Å²) in [5, 5.41) is 2.64. The van der Waals surface area contributed by atoms with Gasteiger partial charge in [-0.3, -0.25) is 4.79 Å². The number of aliphatic imine (C=N–C) groups is 1. The molecule has 2 heterocycles. The van der Waals surface area contributed by atoms with Crippen molar-refractivity contribution in [1.82, 2.24) is 9.80 Å². The Morgan fingerprint density at radius 3 is 2.49 bits per heavy atom. The number of nitrogens with zero attached hydrogens (tertiary/aromatic N) is 3. The quantitative estimate of drug-likeness (QED) is 0.435. The molecule has 0 radical (unpaired) electrons. The Labute approximate surface area is 221 Å².